The van der Waals surface area contributed by atoms with Crippen molar-refractivity contribution >= 4 is 33.5 Å². The zero-order valence-electron chi connectivity index (χ0n) is 11.2. The van der Waals surface area contributed by atoms with Crippen LogP contribution in [0.25, 0.3) is 21.6 Å². The van der Waals surface area contributed by atoms with Gasteiger partial charge in [-0.1, -0.05) is 6.07 Å². The number of hydrogen-bond acceptors (Lipinski definition) is 7. The standard InChI is InChI=1S/C14H12N4O2S/c1-2-20-13(19)10-7-8-11(9-5-3-4-6-16-9)17-14(15)18-12(8)21-10/h3-7H,2H2,1H3,(H2,15,17,18). The molecule has 0 unspecified atom stereocenters. The fourth-order valence-electron chi connectivity index (χ4n) is 1.94. The first kappa shape index (κ1) is 13.4. The molecule has 0 aliphatic rings. The zero-order valence-corrected chi connectivity index (χ0v) is 12.1. The van der Waals surface area contributed by atoms with E-state index in [2.05, 4.69) is 15.0 Å². The van der Waals surface area contributed by atoms with Gasteiger partial charge in [0.25, 0.3) is 0 Å². The van der Waals surface area contributed by atoms with Crippen LogP contribution in [-0.2, 0) is 4.74 Å². The molecule has 3 aromatic rings. The molecule has 3 rings (SSSR count). The second kappa shape index (κ2) is 5.45. The molecule has 2 N–H and O–H groups in total. The van der Waals surface area contributed by atoms with Crippen LogP contribution in [0.1, 0.15) is 16.6 Å². The molecule has 0 radical (unpaired) electrons. The predicted octanol–water partition coefficient (Wildman–Crippen LogP) is 2.51. The number of nitrogens with zero attached hydrogens (tertiary/aromatic N) is 3. The Balaban J connectivity index is 2.18. The number of nitrogens with two attached hydrogens (primary N) is 1. The van der Waals surface area contributed by atoms with Crippen LogP contribution in [0.15, 0.2) is 30.5 Å². The van der Waals surface area contributed by atoms with Gasteiger partial charge in [0.05, 0.1) is 12.3 Å². The summed E-state index contributed by atoms with van der Waals surface area (Å²) in [5.41, 5.74) is 7.05. The van der Waals surface area contributed by atoms with Gasteiger partial charge in [-0.25, -0.2) is 14.8 Å². The molecule has 0 saturated heterocycles. The van der Waals surface area contributed by atoms with Crippen molar-refractivity contribution < 1.29 is 9.53 Å². The molecule has 0 aromatic carbocycles. The van der Waals surface area contributed by atoms with Gasteiger partial charge in [0.2, 0.25) is 5.95 Å². The summed E-state index contributed by atoms with van der Waals surface area (Å²) >= 11 is 1.23. The number of pyridine rings is 1. The highest BCUT2D eigenvalue weighted by molar-refractivity contribution is 7.20. The van der Waals surface area contributed by atoms with Crippen LogP contribution in [0, 0.1) is 0 Å². The van der Waals surface area contributed by atoms with Crippen LogP contribution in [0.2, 0.25) is 0 Å². The first-order chi connectivity index (χ1) is 10.2. The Morgan fingerprint density at radius 2 is 2.24 bits per heavy atom. The molecule has 7 heteroatoms. The van der Waals surface area contributed by atoms with E-state index in [1.165, 1.54) is 11.3 Å². The van der Waals surface area contributed by atoms with Crippen molar-refractivity contribution in [2.75, 3.05) is 12.3 Å². The van der Waals surface area contributed by atoms with Crippen molar-refractivity contribution in [1.82, 2.24) is 15.0 Å². The molecule has 0 bridgehead atoms. The van der Waals surface area contributed by atoms with Crippen molar-refractivity contribution in [3.8, 4) is 11.4 Å². The van der Waals surface area contributed by atoms with E-state index in [0.717, 1.165) is 5.39 Å². The summed E-state index contributed by atoms with van der Waals surface area (Å²) in [6.45, 7) is 2.09. The quantitative estimate of drug-likeness (QED) is 0.747. The van der Waals surface area contributed by atoms with Crippen molar-refractivity contribution in [2.45, 2.75) is 6.92 Å². The molecule has 106 valence electrons. The van der Waals surface area contributed by atoms with Crippen LogP contribution in [0.5, 0.6) is 0 Å². The number of nitrogen functional groups attached to an aromatic ring is 1. The van der Waals surface area contributed by atoms with Crippen molar-refractivity contribution in [3.63, 3.8) is 0 Å². The Morgan fingerprint density at radius 3 is 2.95 bits per heavy atom. The van der Waals surface area contributed by atoms with Gasteiger partial charge in [-0.15, -0.1) is 11.3 Å². The molecule has 0 spiro atoms. The van der Waals surface area contributed by atoms with Crippen LogP contribution in [-0.4, -0.2) is 27.5 Å². The maximum absolute atomic E-state index is 11.8. The Hall–Kier alpha value is -2.54. The van der Waals surface area contributed by atoms with Gasteiger partial charge in [0.15, 0.2) is 0 Å². The third-order valence-corrected chi connectivity index (χ3v) is 3.80. The smallest absolute Gasteiger partial charge is 0.348 e. The monoisotopic (exact) mass is 300 g/mol. The summed E-state index contributed by atoms with van der Waals surface area (Å²) in [5.74, 6) is -0.216. The number of rotatable bonds is 3. The molecule has 0 fully saturated rings. The van der Waals surface area contributed by atoms with E-state index in [9.17, 15) is 4.79 Å². The maximum Gasteiger partial charge on any atom is 0.348 e. The fourth-order valence-corrected chi connectivity index (χ4v) is 2.87. The van der Waals surface area contributed by atoms with E-state index < -0.39 is 0 Å². The minimum absolute atomic E-state index is 0.153. The number of fused-ring (bicyclic) bond motifs is 1. The second-order valence-corrected chi connectivity index (χ2v) is 5.23. The van der Waals surface area contributed by atoms with Gasteiger partial charge in [0.1, 0.15) is 15.4 Å². The number of anilines is 1. The van der Waals surface area contributed by atoms with Gasteiger partial charge >= 0.3 is 5.97 Å². The van der Waals surface area contributed by atoms with E-state index in [4.69, 9.17) is 10.5 Å². The summed E-state index contributed by atoms with van der Waals surface area (Å²) < 4.78 is 5.01. The van der Waals surface area contributed by atoms with Gasteiger partial charge in [-0.3, -0.25) is 4.98 Å². The predicted molar refractivity (Wildman–Crippen MR) is 81.0 cm³/mol. The average molecular weight is 300 g/mol. The number of thiophene rings is 1. The summed E-state index contributed by atoms with van der Waals surface area (Å²) in [6.07, 6.45) is 1.68. The van der Waals surface area contributed by atoms with Crippen LogP contribution in [0.3, 0.4) is 0 Å². The number of carbonyl (C=O) groups is 1. The third-order valence-electron chi connectivity index (χ3n) is 2.79. The Bertz CT molecular complexity index is 801. The molecule has 0 saturated carbocycles. The zero-order chi connectivity index (χ0) is 14.8. The molecular weight excluding hydrogens is 288 g/mol. The lowest BCUT2D eigenvalue weighted by atomic mass is 10.2. The molecule has 3 aromatic heterocycles. The summed E-state index contributed by atoms with van der Waals surface area (Å²) in [5, 5.41) is 0.746. The normalized spacial score (nSPS) is 10.7. The first-order valence-corrected chi connectivity index (χ1v) is 7.16. The van der Waals surface area contributed by atoms with E-state index in [0.29, 0.717) is 27.7 Å². The summed E-state index contributed by atoms with van der Waals surface area (Å²) in [7, 11) is 0. The highest BCUT2D eigenvalue weighted by Crippen LogP contribution is 2.31. The SMILES string of the molecule is CCOC(=O)c1cc2c(-c3ccccn3)nc(N)nc2s1. The molecule has 0 aliphatic carbocycles. The van der Waals surface area contributed by atoms with Crippen LogP contribution < -0.4 is 5.73 Å². The van der Waals surface area contributed by atoms with Crippen molar-refractivity contribution in [3.05, 3.63) is 35.3 Å². The lowest BCUT2D eigenvalue weighted by Crippen LogP contribution is -2.01. The number of carbonyl (C=O) groups excluding carboxylic acids is 1. The average Bonchev–Trinajstić information content (AvgIpc) is 2.91. The van der Waals surface area contributed by atoms with E-state index >= 15 is 0 Å². The fraction of sp³-hybridized carbons (Fsp3) is 0.143. The molecule has 6 nitrogen and oxygen atoms in total. The van der Waals surface area contributed by atoms with Crippen molar-refractivity contribution in [1.29, 1.82) is 0 Å². The number of ether oxygens (including phenoxy) is 1. The number of aromatic nitrogens is 3. The highest BCUT2D eigenvalue weighted by atomic mass is 32.1. The van der Waals surface area contributed by atoms with Gasteiger partial charge in [-0.05, 0) is 25.1 Å². The van der Waals surface area contributed by atoms with Gasteiger partial charge in [-0.2, -0.15) is 0 Å². The second-order valence-electron chi connectivity index (χ2n) is 4.20. The summed E-state index contributed by atoms with van der Waals surface area (Å²) in [6, 6.07) is 7.25. The van der Waals surface area contributed by atoms with Gasteiger partial charge in [0, 0.05) is 11.6 Å². The van der Waals surface area contributed by atoms with E-state index in [1.54, 1.807) is 19.2 Å². The number of hydrogen-bond donors (Lipinski definition) is 1. The van der Waals surface area contributed by atoms with E-state index in [1.807, 2.05) is 18.2 Å². The summed E-state index contributed by atoms with van der Waals surface area (Å²) in [4.78, 5) is 25.7. The number of esters is 1. The minimum atomic E-state index is -0.369. The Labute approximate surface area is 124 Å². The lowest BCUT2D eigenvalue weighted by molar-refractivity contribution is 0.0532. The topological polar surface area (TPSA) is 91.0 Å². The van der Waals surface area contributed by atoms with E-state index in [-0.39, 0.29) is 11.9 Å². The largest absolute Gasteiger partial charge is 0.462 e. The minimum Gasteiger partial charge on any atom is -0.462 e. The molecule has 3 heterocycles. The lowest BCUT2D eigenvalue weighted by Gasteiger charge is -2.02. The molecular formula is C14H12N4O2S. The molecule has 0 aliphatic heterocycles. The third kappa shape index (κ3) is 2.55. The highest BCUT2D eigenvalue weighted by Gasteiger charge is 2.17. The van der Waals surface area contributed by atoms with Crippen LogP contribution >= 0.6 is 11.3 Å². The van der Waals surface area contributed by atoms with Gasteiger partial charge < -0.3 is 10.5 Å². The molecule has 21 heavy (non-hydrogen) atoms. The molecule has 0 atom stereocenters. The van der Waals surface area contributed by atoms with Crippen LogP contribution in [0.4, 0.5) is 5.95 Å². The first-order valence-electron chi connectivity index (χ1n) is 6.34. The van der Waals surface area contributed by atoms with Crippen molar-refractivity contribution in [2.24, 2.45) is 0 Å². The Morgan fingerprint density at radius 1 is 1.38 bits per heavy atom. The Kier molecular flexibility index (Phi) is 3.49. The molecule has 0 amide bonds. The maximum atomic E-state index is 11.8.